The van der Waals surface area contributed by atoms with Gasteiger partial charge in [0.1, 0.15) is 0 Å². The third kappa shape index (κ3) is 7.01. The van der Waals surface area contributed by atoms with Crippen molar-refractivity contribution in [3.63, 3.8) is 0 Å². The van der Waals surface area contributed by atoms with Gasteiger partial charge in [-0.3, -0.25) is 0 Å². The van der Waals surface area contributed by atoms with Crippen LogP contribution in [0.1, 0.15) is 18.1 Å². The zero-order valence-corrected chi connectivity index (χ0v) is 11.5. The minimum Gasteiger partial charge on any atom is -0.450 e. The summed E-state index contributed by atoms with van der Waals surface area (Å²) in [4.78, 5) is 9.60. The van der Waals surface area contributed by atoms with Crippen LogP contribution >= 0.6 is 0 Å². The van der Waals surface area contributed by atoms with Gasteiger partial charge in [-0.1, -0.05) is 72.8 Å². The summed E-state index contributed by atoms with van der Waals surface area (Å²) < 4.78 is 4.18. The third-order valence-corrected chi connectivity index (χ3v) is 2.35. The van der Waals surface area contributed by atoms with Gasteiger partial charge in [0.2, 0.25) is 0 Å². The molecule has 0 aliphatic carbocycles. The van der Waals surface area contributed by atoms with Crippen molar-refractivity contribution in [3.8, 4) is 0 Å². The fraction of sp³-hybridized carbons (Fsp3) is 0.118. The summed E-state index contributed by atoms with van der Waals surface area (Å²) in [6.45, 7) is 2.06. The lowest BCUT2D eigenvalue weighted by Crippen LogP contribution is -2.11. The SMILES string of the molecule is C(=Cc1ccccc1)c1ccccc1.CCOC(N)=O. The minimum absolute atomic E-state index is 0.356. The van der Waals surface area contributed by atoms with Crippen molar-refractivity contribution < 1.29 is 9.53 Å². The topological polar surface area (TPSA) is 52.3 Å². The molecular weight excluding hydrogens is 250 g/mol. The van der Waals surface area contributed by atoms with Crippen LogP contribution < -0.4 is 5.73 Å². The van der Waals surface area contributed by atoms with Gasteiger partial charge in [0.25, 0.3) is 0 Å². The van der Waals surface area contributed by atoms with E-state index in [1.165, 1.54) is 11.1 Å². The number of hydrogen-bond donors (Lipinski definition) is 1. The average molecular weight is 269 g/mol. The fourth-order valence-corrected chi connectivity index (χ4v) is 1.46. The second kappa shape index (κ2) is 9.39. The lowest BCUT2D eigenvalue weighted by Gasteiger charge is -1.92. The molecule has 0 bridgehead atoms. The zero-order valence-electron chi connectivity index (χ0n) is 11.5. The summed E-state index contributed by atoms with van der Waals surface area (Å²) in [5, 5.41) is 0. The third-order valence-electron chi connectivity index (χ3n) is 2.35. The Kier molecular flexibility index (Phi) is 7.28. The molecule has 0 saturated heterocycles. The number of amides is 1. The molecule has 0 aliphatic rings. The molecule has 2 aromatic rings. The number of carbonyl (C=O) groups excluding carboxylic acids is 1. The number of primary amides is 1. The van der Waals surface area contributed by atoms with Crippen molar-refractivity contribution in [3.05, 3.63) is 71.8 Å². The van der Waals surface area contributed by atoms with Gasteiger partial charge in [-0.15, -0.1) is 0 Å². The van der Waals surface area contributed by atoms with Crippen molar-refractivity contribution >= 4 is 18.2 Å². The summed E-state index contributed by atoms with van der Waals surface area (Å²) in [7, 11) is 0. The Morgan fingerprint density at radius 3 is 1.60 bits per heavy atom. The molecule has 0 radical (unpaired) electrons. The van der Waals surface area contributed by atoms with Crippen LogP contribution in [0.5, 0.6) is 0 Å². The summed E-state index contributed by atoms with van der Waals surface area (Å²) in [5.41, 5.74) is 7.01. The maximum absolute atomic E-state index is 9.60. The van der Waals surface area contributed by atoms with Crippen LogP contribution in [0.2, 0.25) is 0 Å². The Bertz CT molecular complexity index is 480. The van der Waals surface area contributed by atoms with Gasteiger partial charge >= 0.3 is 6.09 Å². The van der Waals surface area contributed by atoms with E-state index in [0.29, 0.717) is 6.61 Å². The van der Waals surface area contributed by atoms with Crippen molar-refractivity contribution in [1.82, 2.24) is 0 Å². The molecule has 0 aromatic heterocycles. The molecule has 20 heavy (non-hydrogen) atoms. The minimum atomic E-state index is -0.711. The maximum Gasteiger partial charge on any atom is 0.404 e. The lowest BCUT2D eigenvalue weighted by atomic mass is 10.1. The van der Waals surface area contributed by atoms with Crippen molar-refractivity contribution in [2.75, 3.05) is 6.61 Å². The molecule has 0 aliphatic heterocycles. The largest absolute Gasteiger partial charge is 0.450 e. The average Bonchev–Trinajstić information content (AvgIpc) is 2.48. The molecule has 2 N–H and O–H groups in total. The first kappa shape index (κ1) is 15.5. The number of rotatable bonds is 3. The van der Waals surface area contributed by atoms with Gasteiger partial charge in [-0.2, -0.15) is 0 Å². The first-order valence-electron chi connectivity index (χ1n) is 6.42. The molecule has 0 saturated carbocycles. The van der Waals surface area contributed by atoms with E-state index in [1.54, 1.807) is 6.92 Å². The maximum atomic E-state index is 9.60. The first-order chi connectivity index (χ1) is 9.72. The van der Waals surface area contributed by atoms with Crippen molar-refractivity contribution in [2.45, 2.75) is 6.92 Å². The Labute approximate surface area is 119 Å². The zero-order chi connectivity index (χ0) is 14.6. The highest BCUT2D eigenvalue weighted by Gasteiger charge is 1.84. The quantitative estimate of drug-likeness (QED) is 0.857. The number of carbonyl (C=O) groups is 1. The normalized spacial score (nSPS) is 9.65. The lowest BCUT2D eigenvalue weighted by molar-refractivity contribution is 0.163. The second-order valence-corrected chi connectivity index (χ2v) is 3.91. The number of ether oxygens (including phenoxy) is 1. The molecule has 0 fully saturated rings. The highest BCUT2D eigenvalue weighted by molar-refractivity contribution is 5.69. The summed E-state index contributed by atoms with van der Waals surface area (Å²) in [5.74, 6) is 0. The van der Waals surface area contributed by atoms with Gasteiger partial charge in [0, 0.05) is 0 Å². The molecule has 2 aromatic carbocycles. The standard InChI is InChI=1S/C14H12.C3H7NO2/c1-3-7-13(8-4-1)11-12-14-9-5-2-6-10-14;1-2-6-3(4)5/h1-12H;2H2,1H3,(H2,4,5). The molecule has 104 valence electrons. The number of benzene rings is 2. The molecule has 3 nitrogen and oxygen atoms in total. The van der Waals surface area contributed by atoms with E-state index in [0.717, 1.165) is 0 Å². The van der Waals surface area contributed by atoms with E-state index >= 15 is 0 Å². The molecule has 0 atom stereocenters. The van der Waals surface area contributed by atoms with Gasteiger partial charge < -0.3 is 10.5 Å². The van der Waals surface area contributed by atoms with Crippen molar-refractivity contribution in [1.29, 1.82) is 0 Å². The Balaban J connectivity index is 0.000000286. The molecule has 2 rings (SSSR count). The van der Waals surface area contributed by atoms with Crippen LogP contribution in [0.4, 0.5) is 4.79 Å². The molecule has 0 spiro atoms. The van der Waals surface area contributed by atoms with Crippen LogP contribution in [0.15, 0.2) is 60.7 Å². The van der Waals surface area contributed by atoms with Crippen LogP contribution in [-0.2, 0) is 4.74 Å². The van der Waals surface area contributed by atoms with Crippen LogP contribution in [0.25, 0.3) is 12.2 Å². The Hall–Kier alpha value is -2.55. The fourth-order valence-electron chi connectivity index (χ4n) is 1.46. The monoisotopic (exact) mass is 269 g/mol. The highest BCUT2D eigenvalue weighted by Crippen LogP contribution is 2.06. The summed E-state index contributed by atoms with van der Waals surface area (Å²) >= 11 is 0. The van der Waals surface area contributed by atoms with Gasteiger partial charge in [-0.05, 0) is 18.1 Å². The van der Waals surface area contributed by atoms with Crippen molar-refractivity contribution in [2.24, 2.45) is 5.73 Å². The smallest absolute Gasteiger partial charge is 0.404 e. The van der Waals surface area contributed by atoms with E-state index in [9.17, 15) is 4.79 Å². The predicted molar refractivity (Wildman–Crippen MR) is 83.0 cm³/mol. The first-order valence-corrected chi connectivity index (χ1v) is 6.42. The van der Waals surface area contributed by atoms with E-state index in [2.05, 4.69) is 46.9 Å². The summed E-state index contributed by atoms with van der Waals surface area (Å²) in [6.07, 6.45) is 3.53. The summed E-state index contributed by atoms with van der Waals surface area (Å²) in [6, 6.07) is 20.6. The van der Waals surface area contributed by atoms with E-state index in [1.807, 2.05) is 36.4 Å². The molecular formula is C17H19NO2. The second-order valence-electron chi connectivity index (χ2n) is 3.91. The molecule has 0 heterocycles. The van der Waals surface area contributed by atoms with Gasteiger partial charge in [0.05, 0.1) is 6.61 Å². The van der Waals surface area contributed by atoms with Crippen LogP contribution in [-0.4, -0.2) is 12.7 Å². The Morgan fingerprint density at radius 2 is 1.35 bits per heavy atom. The Morgan fingerprint density at radius 1 is 0.950 bits per heavy atom. The highest BCUT2D eigenvalue weighted by atomic mass is 16.5. The van der Waals surface area contributed by atoms with Gasteiger partial charge in [0.15, 0.2) is 0 Å². The van der Waals surface area contributed by atoms with Crippen LogP contribution in [0, 0.1) is 0 Å². The van der Waals surface area contributed by atoms with E-state index in [4.69, 9.17) is 0 Å². The predicted octanol–water partition coefficient (Wildman–Crippen LogP) is 3.96. The van der Waals surface area contributed by atoms with Gasteiger partial charge in [-0.25, -0.2) is 4.79 Å². The van der Waals surface area contributed by atoms with E-state index in [-0.39, 0.29) is 0 Å². The number of nitrogens with two attached hydrogens (primary N) is 1. The molecule has 1 amide bonds. The number of hydrogen-bond acceptors (Lipinski definition) is 2. The van der Waals surface area contributed by atoms with E-state index < -0.39 is 6.09 Å². The van der Waals surface area contributed by atoms with Crippen LogP contribution in [0.3, 0.4) is 0 Å². The molecule has 0 unspecified atom stereocenters. The molecule has 3 heteroatoms.